The number of aliphatic hydroxyl groups excluding tert-OH is 3. The summed E-state index contributed by atoms with van der Waals surface area (Å²) in [6.07, 6.45) is 60.0. The van der Waals surface area contributed by atoms with Gasteiger partial charge in [0.25, 0.3) is 0 Å². The van der Waals surface area contributed by atoms with E-state index in [4.69, 9.17) is 14.7 Å². The maximum absolute atomic E-state index is 9.82. The van der Waals surface area contributed by atoms with E-state index in [1.54, 1.807) is 0 Å². The van der Waals surface area contributed by atoms with E-state index in [0.29, 0.717) is 0 Å². The van der Waals surface area contributed by atoms with Gasteiger partial charge in [0, 0.05) is 0 Å². The summed E-state index contributed by atoms with van der Waals surface area (Å²) in [4.78, 5) is 21.7. The van der Waals surface area contributed by atoms with Crippen molar-refractivity contribution in [3.63, 3.8) is 0 Å². The summed E-state index contributed by atoms with van der Waals surface area (Å²) in [5, 5.41) is 29.5. The largest absolute Gasteiger partial charge is 0.393 e. The zero-order chi connectivity index (χ0) is 40.1. The fourth-order valence-electron chi connectivity index (χ4n) is 8.55. The van der Waals surface area contributed by atoms with Crippen LogP contribution in [-0.2, 0) is 0 Å². The van der Waals surface area contributed by atoms with Crippen molar-refractivity contribution in [1.82, 2.24) is 0 Å². The predicted octanol–water partition coefficient (Wildman–Crippen LogP) is 14.8. The highest BCUT2D eigenvalue weighted by atomic mass is 31.2. The Morgan fingerprint density at radius 1 is 0.182 bits per heavy atom. The summed E-state index contributed by atoms with van der Waals surface area (Å²) in [7, 11) is -2.62. The molecule has 0 amide bonds. The van der Waals surface area contributed by atoms with E-state index in [9.17, 15) is 15.3 Å². The van der Waals surface area contributed by atoms with Gasteiger partial charge in [0.15, 0.2) is 0 Å². The van der Waals surface area contributed by atoms with Crippen LogP contribution in [0, 0.1) is 0 Å². The van der Waals surface area contributed by atoms with Gasteiger partial charge in [-0.2, -0.15) is 0 Å². The van der Waals surface area contributed by atoms with Gasteiger partial charge in [0.2, 0.25) is 0 Å². The molecule has 332 valence electrons. The van der Waals surface area contributed by atoms with E-state index in [1.807, 2.05) is 0 Å². The zero-order valence-corrected chi connectivity index (χ0v) is 37.6. The lowest BCUT2D eigenvalue weighted by Gasteiger charge is -2.11. The second-order valence-corrected chi connectivity index (χ2v) is 18.3. The highest BCUT2D eigenvalue weighted by Gasteiger charge is 2.07. The Morgan fingerprint density at radius 2 is 0.255 bits per heavy atom. The average Bonchev–Trinajstić information content (AvgIpc) is 3.15. The molecule has 0 aromatic carbocycles. The van der Waals surface area contributed by atoms with Crippen molar-refractivity contribution < 1.29 is 30.0 Å². The lowest BCUT2D eigenvalue weighted by atomic mass is 10.00. The van der Waals surface area contributed by atoms with Crippen molar-refractivity contribution >= 4 is 8.60 Å². The SMILES string of the molecule is OC1CCCCCCCCCCCCCCC1.OC1CCCCCCCCCCCCCCC1.OC1CCCCCCCCCCCCCCC1.OP(O)O. The minimum absolute atomic E-state index is 0.0112. The molecule has 6 N–H and O–H groups in total. The van der Waals surface area contributed by atoms with Crippen molar-refractivity contribution in [1.29, 1.82) is 0 Å². The molecule has 0 aromatic rings. The molecule has 3 aliphatic carbocycles. The molecule has 0 aliphatic heterocycles. The maximum atomic E-state index is 9.82. The molecule has 3 rings (SSSR count). The van der Waals surface area contributed by atoms with Crippen LogP contribution in [0.5, 0.6) is 0 Å². The first-order valence-electron chi connectivity index (χ1n) is 24.8. The van der Waals surface area contributed by atoms with Crippen molar-refractivity contribution in [2.24, 2.45) is 0 Å². The number of rotatable bonds is 0. The first-order chi connectivity index (χ1) is 26.9. The van der Waals surface area contributed by atoms with Gasteiger partial charge >= 0.3 is 8.60 Å². The molecule has 0 spiro atoms. The molecule has 0 radical (unpaired) electrons. The standard InChI is InChI=1S/3C16H32O.H3O3P/c3*17-16-14-12-10-8-6-4-2-1-3-5-7-9-11-13-15-16;1-4(2)3/h3*16-17H,1-15H2;1-3H. The van der Waals surface area contributed by atoms with Gasteiger partial charge in [-0.3, -0.25) is 0 Å². The first-order valence-corrected chi connectivity index (χ1v) is 26.0. The van der Waals surface area contributed by atoms with Gasteiger partial charge in [-0.05, 0) is 38.5 Å². The molecule has 0 unspecified atom stereocenters. The minimum atomic E-state index is -2.62. The third-order valence-corrected chi connectivity index (χ3v) is 12.2. The second kappa shape index (κ2) is 46.9. The summed E-state index contributed by atoms with van der Waals surface area (Å²) in [6, 6.07) is 0. The van der Waals surface area contributed by atoms with E-state index in [2.05, 4.69) is 0 Å². The summed E-state index contributed by atoms with van der Waals surface area (Å²) < 4.78 is 0. The predicted molar refractivity (Wildman–Crippen MR) is 239 cm³/mol. The van der Waals surface area contributed by atoms with Gasteiger partial charge in [-0.25, -0.2) is 0 Å². The third-order valence-electron chi connectivity index (χ3n) is 12.2. The van der Waals surface area contributed by atoms with E-state index in [0.717, 1.165) is 38.5 Å². The maximum Gasteiger partial charge on any atom is 0.324 e. The van der Waals surface area contributed by atoms with Crippen LogP contribution in [-0.4, -0.2) is 48.3 Å². The fourth-order valence-corrected chi connectivity index (χ4v) is 8.55. The summed E-state index contributed by atoms with van der Waals surface area (Å²) >= 11 is 0. The molecule has 3 aliphatic rings. The van der Waals surface area contributed by atoms with Crippen LogP contribution >= 0.6 is 8.60 Å². The van der Waals surface area contributed by atoms with Crippen LogP contribution in [0.2, 0.25) is 0 Å². The highest BCUT2D eigenvalue weighted by molar-refractivity contribution is 7.38. The minimum Gasteiger partial charge on any atom is -0.393 e. The fraction of sp³-hybridized carbons (Fsp3) is 1.00. The number of hydrogen-bond acceptors (Lipinski definition) is 6. The van der Waals surface area contributed by atoms with Crippen molar-refractivity contribution in [3.05, 3.63) is 0 Å². The molecular formula is C48H99O6P. The van der Waals surface area contributed by atoms with Gasteiger partial charge in [0.1, 0.15) is 0 Å². The van der Waals surface area contributed by atoms with Crippen molar-refractivity contribution in [2.75, 3.05) is 0 Å². The average molecular weight is 803 g/mol. The van der Waals surface area contributed by atoms with Crippen LogP contribution in [0.4, 0.5) is 0 Å². The molecule has 0 atom stereocenters. The van der Waals surface area contributed by atoms with Crippen LogP contribution in [0.15, 0.2) is 0 Å². The number of hydrogen-bond donors (Lipinski definition) is 6. The number of aliphatic hydroxyl groups is 3. The molecular weight excluding hydrogens is 703 g/mol. The van der Waals surface area contributed by atoms with Gasteiger partial charge in [-0.1, -0.05) is 250 Å². The summed E-state index contributed by atoms with van der Waals surface area (Å²) in [5.41, 5.74) is 0. The van der Waals surface area contributed by atoms with Crippen LogP contribution < -0.4 is 0 Å². The van der Waals surface area contributed by atoms with Crippen molar-refractivity contribution in [3.8, 4) is 0 Å². The van der Waals surface area contributed by atoms with E-state index < -0.39 is 8.60 Å². The zero-order valence-electron chi connectivity index (χ0n) is 36.7. The highest BCUT2D eigenvalue weighted by Crippen LogP contribution is 2.20. The van der Waals surface area contributed by atoms with Crippen molar-refractivity contribution in [2.45, 2.75) is 307 Å². The topological polar surface area (TPSA) is 121 Å². The molecule has 0 heterocycles. The molecule has 55 heavy (non-hydrogen) atoms. The van der Waals surface area contributed by atoms with E-state index in [-0.39, 0.29) is 18.3 Å². The lowest BCUT2D eigenvalue weighted by Crippen LogP contribution is -2.05. The van der Waals surface area contributed by atoms with Gasteiger partial charge < -0.3 is 30.0 Å². The molecule has 0 saturated heterocycles. The van der Waals surface area contributed by atoms with Crippen LogP contribution in [0.1, 0.15) is 289 Å². The second-order valence-electron chi connectivity index (χ2n) is 17.8. The van der Waals surface area contributed by atoms with Gasteiger partial charge in [0.05, 0.1) is 18.3 Å². The molecule has 0 bridgehead atoms. The normalized spacial score (nSPS) is 23.4. The monoisotopic (exact) mass is 803 g/mol. The lowest BCUT2D eigenvalue weighted by molar-refractivity contribution is 0.146. The summed E-state index contributed by atoms with van der Waals surface area (Å²) in [6.45, 7) is 0. The Bertz CT molecular complexity index is 561. The Balaban J connectivity index is 0.000000757. The van der Waals surface area contributed by atoms with Crippen LogP contribution in [0.25, 0.3) is 0 Å². The molecule has 3 fully saturated rings. The quantitative estimate of drug-likeness (QED) is 0.136. The molecule has 7 heteroatoms. The molecule has 0 aromatic heterocycles. The van der Waals surface area contributed by atoms with Crippen LogP contribution in [0.3, 0.4) is 0 Å². The smallest absolute Gasteiger partial charge is 0.324 e. The Kier molecular flexibility index (Phi) is 47.0. The summed E-state index contributed by atoms with van der Waals surface area (Å²) in [5.74, 6) is 0. The molecule has 6 nitrogen and oxygen atoms in total. The van der Waals surface area contributed by atoms with E-state index in [1.165, 1.54) is 250 Å². The third kappa shape index (κ3) is 50.3. The Hall–Kier alpha value is 0.190. The first kappa shape index (κ1) is 55.2. The Labute approximate surface area is 344 Å². The van der Waals surface area contributed by atoms with E-state index >= 15 is 0 Å². The molecule has 3 saturated carbocycles. The Morgan fingerprint density at radius 3 is 0.345 bits per heavy atom. The van der Waals surface area contributed by atoms with Gasteiger partial charge in [-0.15, -0.1) is 0 Å².